The summed E-state index contributed by atoms with van der Waals surface area (Å²) >= 11 is 0. The Morgan fingerprint density at radius 3 is 1.92 bits per heavy atom. The molecule has 1 fully saturated rings. The van der Waals surface area contributed by atoms with E-state index < -0.39 is 10.2 Å². The van der Waals surface area contributed by atoms with E-state index in [1.807, 2.05) is 0 Å². The van der Waals surface area contributed by atoms with E-state index in [0.29, 0.717) is 31.5 Å². The maximum absolute atomic E-state index is 12.7. The van der Waals surface area contributed by atoms with Crippen LogP contribution in [0.25, 0.3) is 0 Å². The van der Waals surface area contributed by atoms with Gasteiger partial charge in [-0.2, -0.15) is 12.7 Å². The maximum atomic E-state index is 12.7. The minimum Gasteiger partial charge on any atom is -0.317 e. The maximum Gasteiger partial charge on any atom is 0.279 e. The number of hydrogen-bond acceptors (Lipinski definition) is 3. The van der Waals surface area contributed by atoms with Crippen LogP contribution in [0.4, 0.5) is 0 Å². The van der Waals surface area contributed by atoms with E-state index in [0.717, 1.165) is 38.8 Å². The van der Waals surface area contributed by atoms with Crippen LogP contribution in [0.1, 0.15) is 60.3 Å². The van der Waals surface area contributed by atoms with Crippen molar-refractivity contribution in [3.05, 3.63) is 0 Å². The molecule has 1 aliphatic rings. The van der Waals surface area contributed by atoms with Gasteiger partial charge >= 0.3 is 0 Å². The van der Waals surface area contributed by atoms with Gasteiger partial charge in [0.05, 0.1) is 0 Å². The Morgan fingerprint density at radius 1 is 1.04 bits per heavy atom. The van der Waals surface area contributed by atoms with Crippen molar-refractivity contribution in [3.8, 4) is 0 Å². The monoisotopic (exact) mass is 383 g/mol. The molecular formula is C17H38ClN3O2S. The van der Waals surface area contributed by atoms with E-state index in [4.69, 9.17) is 0 Å². The quantitative estimate of drug-likeness (QED) is 0.609. The van der Waals surface area contributed by atoms with E-state index in [9.17, 15) is 8.42 Å². The third-order valence-electron chi connectivity index (χ3n) is 4.74. The van der Waals surface area contributed by atoms with Gasteiger partial charge in [-0.25, -0.2) is 4.72 Å². The van der Waals surface area contributed by atoms with Gasteiger partial charge in [0, 0.05) is 19.6 Å². The molecule has 0 aromatic carbocycles. The Balaban J connectivity index is 0.00000529. The number of halogens is 1. The Bertz CT molecular complexity index is 423. The van der Waals surface area contributed by atoms with Crippen LogP contribution < -0.4 is 10.0 Å². The fraction of sp³-hybridized carbons (Fsp3) is 1.00. The predicted molar refractivity (Wildman–Crippen MR) is 105 cm³/mol. The predicted octanol–water partition coefficient (Wildman–Crippen LogP) is 3.03. The standard InChI is InChI=1S/C17H37N3O2S.ClH/c1-15(2)6-12-20(13-7-16(3)4)23(21,22)19-14-17(5)8-10-18-11-9-17;/h15-16,18-19H,6-14H2,1-5H3;1H. The van der Waals surface area contributed by atoms with Crippen LogP contribution in [0.5, 0.6) is 0 Å². The average molecular weight is 384 g/mol. The molecule has 1 saturated heterocycles. The van der Waals surface area contributed by atoms with Crippen molar-refractivity contribution in [2.75, 3.05) is 32.7 Å². The molecule has 1 aliphatic heterocycles. The minimum absolute atomic E-state index is 0. The Kier molecular flexibility index (Phi) is 11.0. The van der Waals surface area contributed by atoms with Crippen molar-refractivity contribution in [1.82, 2.24) is 14.3 Å². The van der Waals surface area contributed by atoms with Gasteiger partial charge < -0.3 is 5.32 Å². The smallest absolute Gasteiger partial charge is 0.279 e. The van der Waals surface area contributed by atoms with Gasteiger partial charge in [-0.3, -0.25) is 0 Å². The Labute approximate surface area is 155 Å². The number of hydrogen-bond donors (Lipinski definition) is 2. The van der Waals surface area contributed by atoms with Crippen molar-refractivity contribution in [2.24, 2.45) is 17.3 Å². The molecule has 0 bridgehead atoms. The first kappa shape index (κ1) is 24.1. The summed E-state index contributed by atoms with van der Waals surface area (Å²) in [5.74, 6) is 1.02. The van der Waals surface area contributed by atoms with Gasteiger partial charge in [0.2, 0.25) is 0 Å². The average Bonchev–Trinajstić information content (AvgIpc) is 2.45. The highest BCUT2D eigenvalue weighted by atomic mass is 35.5. The molecular weight excluding hydrogens is 346 g/mol. The molecule has 0 spiro atoms. The summed E-state index contributed by atoms with van der Waals surface area (Å²) in [5.41, 5.74) is 0.0695. The molecule has 0 aromatic rings. The topological polar surface area (TPSA) is 61.4 Å². The zero-order valence-corrected chi connectivity index (χ0v) is 17.7. The van der Waals surface area contributed by atoms with Crippen LogP contribution >= 0.6 is 12.4 Å². The third kappa shape index (κ3) is 8.99. The fourth-order valence-corrected chi connectivity index (χ4v) is 4.13. The van der Waals surface area contributed by atoms with Crippen LogP contribution in [0.15, 0.2) is 0 Å². The number of nitrogens with zero attached hydrogens (tertiary/aromatic N) is 1. The zero-order valence-electron chi connectivity index (χ0n) is 16.1. The van der Waals surface area contributed by atoms with Crippen molar-refractivity contribution in [2.45, 2.75) is 60.3 Å². The summed E-state index contributed by atoms with van der Waals surface area (Å²) in [4.78, 5) is 0. The summed E-state index contributed by atoms with van der Waals surface area (Å²) in [5, 5.41) is 3.34. The summed E-state index contributed by atoms with van der Waals surface area (Å²) in [6, 6.07) is 0. The molecule has 0 aliphatic carbocycles. The molecule has 2 N–H and O–H groups in total. The second kappa shape index (κ2) is 11.0. The molecule has 1 heterocycles. The highest BCUT2D eigenvalue weighted by Gasteiger charge is 2.30. The lowest BCUT2D eigenvalue weighted by molar-refractivity contribution is 0.229. The molecule has 0 aromatic heterocycles. The first-order chi connectivity index (χ1) is 10.6. The SMILES string of the molecule is CC(C)CCN(CCC(C)C)S(=O)(=O)NCC1(C)CCNCC1.Cl. The van der Waals surface area contributed by atoms with Crippen molar-refractivity contribution in [3.63, 3.8) is 0 Å². The molecule has 24 heavy (non-hydrogen) atoms. The summed E-state index contributed by atoms with van der Waals surface area (Å²) in [6.07, 6.45) is 3.85. The van der Waals surface area contributed by atoms with E-state index in [-0.39, 0.29) is 17.8 Å². The summed E-state index contributed by atoms with van der Waals surface area (Å²) in [6.45, 7) is 14.4. The number of rotatable bonds is 10. The van der Waals surface area contributed by atoms with E-state index in [2.05, 4.69) is 44.7 Å². The van der Waals surface area contributed by atoms with Crippen molar-refractivity contribution >= 4 is 22.6 Å². The highest BCUT2D eigenvalue weighted by Crippen LogP contribution is 2.27. The first-order valence-electron chi connectivity index (χ1n) is 9.10. The molecule has 146 valence electrons. The second-order valence-electron chi connectivity index (χ2n) is 8.15. The molecule has 5 nitrogen and oxygen atoms in total. The van der Waals surface area contributed by atoms with Gasteiger partial charge in [-0.05, 0) is 56.0 Å². The molecule has 0 atom stereocenters. The van der Waals surface area contributed by atoms with Gasteiger partial charge in [0.15, 0.2) is 0 Å². The van der Waals surface area contributed by atoms with E-state index in [1.165, 1.54) is 0 Å². The number of piperidine rings is 1. The van der Waals surface area contributed by atoms with Crippen LogP contribution in [0.3, 0.4) is 0 Å². The largest absolute Gasteiger partial charge is 0.317 e. The normalized spacial score (nSPS) is 18.2. The lowest BCUT2D eigenvalue weighted by atomic mass is 9.81. The first-order valence-corrected chi connectivity index (χ1v) is 10.5. The van der Waals surface area contributed by atoms with Gasteiger partial charge in [0.25, 0.3) is 10.2 Å². The third-order valence-corrected chi connectivity index (χ3v) is 6.30. The van der Waals surface area contributed by atoms with Gasteiger partial charge in [-0.1, -0.05) is 34.6 Å². The molecule has 1 rings (SSSR count). The molecule has 0 amide bonds. The van der Waals surface area contributed by atoms with Crippen LogP contribution in [0.2, 0.25) is 0 Å². The fourth-order valence-electron chi connectivity index (χ4n) is 2.72. The van der Waals surface area contributed by atoms with Crippen LogP contribution in [-0.2, 0) is 10.2 Å². The molecule has 7 heteroatoms. The lowest BCUT2D eigenvalue weighted by Gasteiger charge is -2.35. The Hall–Kier alpha value is 0.120. The van der Waals surface area contributed by atoms with Crippen LogP contribution in [0, 0.1) is 17.3 Å². The van der Waals surface area contributed by atoms with Gasteiger partial charge in [-0.15, -0.1) is 12.4 Å². The lowest BCUT2D eigenvalue weighted by Crippen LogP contribution is -2.48. The second-order valence-corrected chi connectivity index (χ2v) is 9.91. The molecule has 0 unspecified atom stereocenters. The molecule has 0 saturated carbocycles. The van der Waals surface area contributed by atoms with Crippen molar-refractivity contribution < 1.29 is 8.42 Å². The van der Waals surface area contributed by atoms with Crippen LogP contribution in [-0.4, -0.2) is 45.4 Å². The van der Waals surface area contributed by atoms with E-state index >= 15 is 0 Å². The number of nitrogens with one attached hydrogen (secondary N) is 2. The summed E-state index contributed by atoms with van der Waals surface area (Å²) in [7, 11) is -3.39. The zero-order chi connectivity index (χ0) is 17.5. The van der Waals surface area contributed by atoms with Gasteiger partial charge in [0.1, 0.15) is 0 Å². The van der Waals surface area contributed by atoms with E-state index in [1.54, 1.807) is 4.31 Å². The summed E-state index contributed by atoms with van der Waals surface area (Å²) < 4.78 is 30.0. The minimum atomic E-state index is -3.39. The highest BCUT2D eigenvalue weighted by molar-refractivity contribution is 7.87. The Morgan fingerprint density at radius 2 is 1.50 bits per heavy atom. The molecule has 0 radical (unpaired) electrons. The van der Waals surface area contributed by atoms with Crippen molar-refractivity contribution in [1.29, 1.82) is 0 Å².